The molecule has 9 amide bonds. The molecule has 0 spiro atoms. The van der Waals surface area contributed by atoms with Crippen LogP contribution in [0.1, 0.15) is 132 Å². The van der Waals surface area contributed by atoms with Crippen molar-refractivity contribution in [1.29, 1.82) is 0 Å². The topological polar surface area (TPSA) is 593 Å². The number of carbonyl (C=O) groups excluding carboxylic acids is 9. The third-order valence-corrected chi connectivity index (χ3v) is 23.0. The number of rotatable bonds is 21. The fourth-order valence-corrected chi connectivity index (χ4v) is 16.1. The quantitative estimate of drug-likeness (QED) is 0.0446. The molecule has 0 aromatic heterocycles. The van der Waals surface area contributed by atoms with Crippen LogP contribution in [0, 0.1) is 12.8 Å². The molecule has 18 atom stereocenters. The van der Waals surface area contributed by atoms with Crippen LogP contribution in [0.4, 0.5) is 11.4 Å². The Morgan fingerprint density at radius 3 is 1.96 bits per heavy atom. The van der Waals surface area contributed by atoms with E-state index in [-0.39, 0.29) is 75.5 Å². The van der Waals surface area contributed by atoms with Crippen molar-refractivity contribution in [3.8, 4) is 62.9 Å². The molecule has 0 aliphatic carbocycles. The van der Waals surface area contributed by atoms with E-state index in [1.807, 2.05) is 44.2 Å². The minimum absolute atomic E-state index is 0.0296. The molecule has 1 unspecified atom stereocenters. The number of fused-ring (bicyclic) bond motifs is 15. The summed E-state index contributed by atoms with van der Waals surface area (Å²) in [7, 11) is 1.47. The van der Waals surface area contributed by atoms with Gasteiger partial charge >= 0.3 is 0 Å². The van der Waals surface area contributed by atoms with Crippen molar-refractivity contribution in [2.24, 2.45) is 17.4 Å². The van der Waals surface area contributed by atoms with Crippen LogP contribution in [0.2, 0.25) is 10.0 Å². The van der Waals surface area contributed by atoms with Gasteiger partial charge in [-0.2, -0.15) is 0 Å². The highest BCUT2D eigenvalue weighted by Crippen LogP contribution is 2.50. The van der Waals surface area contributed by atoms with Crippen LogP contribution in [0.15, 0.2) is 146 Å². The second-order valence-corrected chi connectivity index (χ2v) is 33.1. The number of ether oxygens (including phenoxy) is 7. The lowest BCUT2D eigenvalue weighted by molar-refractivity contribution is -0.333. The first-order chi connectivity index (χ1) is 60.9. The minimum Gasteiger partial charge on any atom is -0.508 e. The number of halogens is 2. The van der Waals surface area contributed by atoms with Gasteiger partial charge < -0.3 is 138 Å². The van der Waals surface area contributed by atoms with Crippen molar-refractivity contribution in [3.63, 3.8) is 0 Å². The number of aromatic hydroxyl groups is 3. The zero-order valence-corrected chi connectivity index (χ0v) is 70.9. The van der Waals surface area contributed by atoms with E-state index in [9.17, 15) is 65.5 Å². The predicted octanol–water partition coefficient (Wildman–Crippen LogP) is 4.28. The number of nitrogens with two attached hydrogens (primary N) is 2. The molecule has 0 saturated carbocycles. The molecular weight excluding hydrogens is 1710 g/mol. The molecule has 38 nitrogen and oxygen atoms in total. The van der Waals surface area contributed by atoms with Gasteiger partial charge in [0, 0.05) is 41.4 Å². The summed E-state index contributed by atoms with van der Waals surface area (Å²) in [5.74, 6) is -15.9. The molecule has 7 aliphatic rings. The van der Waals surface area contributed by atoms with E-state index in [4.69, 9.17) is 67.8 Å². The average molecular weight is 1810 g/mol. The number of likely N-dealkylation sites (N-methyl/N-ethyl adjacent to an activating group) is 1. The van der Waals surface area contributed by atoms with Crippen LogP contribution in [0.5, 0.6) is 51.7 Å². The van der Waals surface area contributed by atoms with Crippen LogP contribution in [-0.4, -0.2) is 197 Å². The summed E-state index contributed by atoms with van der Waals surface area (Å²) in [4.78, 5) is 136. The van der Waals surface area contributed by atoms with E-state index in [0.29, 0.717) is 11.1 Å². The number of nitrogens with one attached hydrogen (secondary N) is 10. The highest BCUT2D eigenvalue weighted by atomic mass is 35.5. The fraction of sp³-hybridized carbons (Fsp3) is 0.352. The maximum atomic E-state index is 16.4. The maximum Gasteiger partial charge on any atom is 0.257 e. The summed E-state index contributed by atoms with van der Waals surface area (Å²) < 4.78 is 44.8. The zero-order valence-electron chi connectivity index (χ0n) is 69.4. The summed E-state index contributed by atoms with van der Waals surface area (Å²) in [6, 6.07) is 17.9. The van der Waals surface area contributed by atoms with Crippen LogP contribution >= 0.6 is 23.2 Å². The van der Waals surface area contributed by atoms with Gasteiger partial charge in [0.1, 0.15) is 114 Å². The summed E-state index contributed by atoms with van der Waals surface area (Å²) in [6.45, 7) is 7.04. The number of anilines is 2. The van der Waals surface area contributed by atoms with Crippen LogP contribution in [-0.2, 0) is 65.7 Å². The molecular formula is C88H96Cl2N12O26. The van der Waals surface area contributed by atoms with Gasteiger partial charge in [0.2, 0.25) is 59.3 Å². The number of amides is 9. The van der Waals surface area contributed by atoms with E-state index in [2.05, 4.69) is 53.3 Å². The Kier molecular flexibility index (Phi) is 28.7. The number of aliphatic hydroxyl groups excluding tert-OH is 6. The number of phenols is 3. The number of phenolic OH excluding ortho intramolecular Hbond substituents is 3. The Morgan fingerprint density at radius 1 is 0.672 bits per heavy atom. The SMILES string of the molecule is CN[C@H](CC(C)C)C(=O)N[C@H]1C(=O)N[C@@H](CC(N)=O)C(=O)NC2C(=O)N[C@H]3C(=O)N[C@H](C(=O)N[C@@H](C(=O)NCc4cccc(NC(=O)c5ccc(C)c(OCc6ccccc6)c5NO)c4)c4cc(O)cc(O)c4-c4cc3ccc4O)[C@H](O)c3ccc(c(Cl)c3)Oc3cc2cc(c3O[C@@H]2O[C@H](CO)[C@@H](O)[C@H](O)[C@H]2O[C@H]2C[C@](C)(N)[C@H](O)[C@H](C)O2)Oc2ccc(cc2Cl)[C@H]1O. The molecule has 24 N–H and O–H groups in total. The average Bonchev–Trinajstić information content (AvgIpc) is 0.762. The van der Waals surface area contributed by atoms with Crippen molar-refractivity contribution in [2.75, 3.05) is 24.5 Å². The molecule has 678 valence electrons. The number of carbonyl (C=O) groups is 9. The van der Waals surface area contributed by atoms with Crippen molar-refractivity contribution in [3.05, 3.63) is 206 Å². The highest BCUT2D eigenvalue weighted by Gasteiger charge is 2.52. The molecule has 11 bridgehead atoms. The smallest absolute Gasteiger partial charge is 0.257 e. The molecule has 7 aliphatic heterocycles. The van der Waals surface area contributed by atoms with Crippen molar-refractivity contribution < 1.29 is 127 Å². The standard InChI is InChI=1S/C88H96Cl2N12O26/c1-37(2)23-53(93-6)80(114)100-69-71(108)43-17-21-57(51(89)26-43)124-59-28-45-29-60(76(59)128-87-77(74(111)73(110)61(35-103)126-87)127-63-33-88(5,92)78(112)39(4)123-63)125-58-22-18-44(27-52(58)90)72(109)70-86(120)99-68(82(116)94-34-41-13-10-14-46(24-41)95-79(113)48-19-15-38(3)75(67(48)102-121)122-36-40-11-8-7-9-12-40)50-30-47(104)31-56(106)64(50)49-25-42(16-20-55(49)105)65(83(117)101-70)98-84(118)66(45)97-81(115)54(32-62(91)107)96-85(69)119/h7-22,24-31,37,39,53-54,61,63,65-66,68-74,77-78,87,93,102-106,108-112,121H,23,32-36,92H2,1-6H3,(H2,91,107)(H,94,116)(H,95,113)(H,96,119)(H,97,115)(H,98,118)(H,99,120)(H,100,114)(H,101,117)/t39-,53+,54-,61+,63-,65+,66?,68+,69+,70-,71+,72+,73+,74-,77+,78+,87-,88-/m0/s1. The predicted molar refractivity (Wildman–Crippen MR) is 455 cm³/mol. The Hall–Kier alpha value is -12.5. The first-order valence-corrected chi connectivity index (χ1v) is 41.3. The maximum absolute atomic E-state index is 16.4. The van der Waals surface area contributed by atoms with Crippen molar-refractivity contribution in [2.45, 2.75) is 176 Å². The zero-order chi connectivity index (χ0) is 92.2. The highest BCUT2D eigenvalue weighted by molar-refractivity contribution is 6.32. The summed E-state index contributed by atoms with van der Waals surface area (Å²) in [5, 5.41) is 139. The van der Waals surface area contributed by atoms with Crippen LogP contribution < -0.4 is 83.7 Å². The largest absolute Gasteiger partial charge is 0.508 e. The summed E-state index contributed by atoms with van der Waals surface area (Å²) in [5.41, 5.74) is 12.1. The van der Waals surface area contributed by atoms with Gasteiger partial charge in [0.05, 0.1) is 46.9 Å². The molecule has 2 saturated heterocycles. The lowest BCUT2D eigenvalue weighted by Crippen LogP contribution is -2.64. The molecule has 40 heteroatoms. The van der Waals surface area contributed by atoms with Gasteiger partial charge in [0.25, 0.3) is 5.91 Å². The molecule has 8 aromatic rings. The molecule has 8 aromatic carbocycles. The Bertz CT molecular complexity index is 5580. The third kappa shape index (κ3) is 20.5. The second kappa shape index (κ2) is 39.4. The van der Waals surface area contributed by atoms with Crippen LogP contribution in [0.25, 0.3) is 11.1 Å². The van der Waals surface area contributed by atoms with Gasteiger partial charge in [0.15, 0.2) is 23.9 Å². The lowest BCUT2D eigenvalue weighted by atomic mass is 9.86. The first kappa shape index (κ1) is 93.1. The number of benzene rings is 8. The lowest BCUT2D eigenvalue weighted by Gasteiger charge is -2.47. The number of hydrogen-bond acceptors (Lipinski definition) is 29. The van der Waals surface area contributed by atoms with E-state index in [1.165, 1.54) is 57.3 Å². The Morgan fingerprint density at radius 2 is 1.32 bits per heavy atom. The molecule has 0 radical (unpaired) electrons. The summed E-state index contributed by atoms with van der Waals surface area (Å²) >= 11 is 14.4. The van der Waals surface area contributed by atoms with Gasteiger partial charge in [-0.25, -0.2) is 0 Å². The number of primary amides is 1. The fourth-order valence-electron chi connectivity index (χ4n) is 15.7. The van der Waals surface area contributed by atoms with Gasteiger partial charge in [-0.1, -0.05) is 104 Å². The second-order valence-electron chi connectivity index (χ2n) is 32.3. The number of aliphatic hydroxyl groups is 6. The Labute approximate surface area is 740 Å². The first-order valence-electron chi connectivity index (χ1n) is 40.5. The minimum atomic E-state index is -2.39. The summed E-state index contributed by atoms with van der Waals surface area (Å²) in [6.07, 6.45) is -18.9. The van der Waals surface area contributed by atoms with Crippen molar-refractivity contribution in [1.82, 2.24) is 42.5 Å². The van der Waals surface area contributed by atoms with E-state index in [1.54, 1.807) is 19.1 Å². The van der Waals surface area contributed by atoms with Crippen LogP contribution in [0.3, 0.4) is 0 Å². The van der Waals surface area contributed by atoms with E-state index >= 15 is 28.8 Å². The monoisotopic (exact) mass is 1810 g/mol. The number of hydrogen-bond donors (Lipinski definition) is 22. The molecule has 128 heavy (non-hydrogen) atoms. The third-order valence-electron chi connectivity index (χ3n) is 22.4. The van der Waals surface area contributed by atoms with Gasteiger partial charge in [-0.15, -0.1) is 0 Å². The van der Waals surface area contributed by atoms with Gasteiger partial charge in [-0.05, 0) is 157 Å². The molecule has 7 heterocycles. The number of aryl methyl sites for hydroxylation is 1. The van der Waals surface area contributed by atoms with Crippen molar-refractivity contribution >= 4 is 87.7 Å². The molecule has 15 rings (SSSR count). The van der Waals surface area contributed by atoms with E-state index in [0.717, 1.165) is 72.3 Å². The van der Waals surface area contributed by atoms with E-state index < -0.39 is 250 Å². The van der Waals surface area contributed by atoms with Gasteiger partial charge in [-0.3, -0.25) is 53.8 Å². The Balaban J connectivity index is 0.947. The normalized spacial score (nSPS) is 25.5. The molecule has 2 fully saturated rings.